The molecule has 0 saturated carbocycles. The largest absolute Gasteiger partial charge is 0.508 e. The molecule has 5 atom stereocenters. The maximum absolute atomic E-state index is 12.6. The van der Waals surface area contributed by atoms with Gasteiger partial charge in [0.05, 0.1) is 12.2 Å². The highest BCUT2D eigenvalue weighted by atomic mass is 16.5. The van der Waals surface area contributed by atoms with Crippen molar-refractivity contribution in [2.24, 2.45) is 0 Å². The van der Waals surface area contributed by atoms with Crippen LogP contribution in [0.5, 0.6) is 28.7 Å². The summed E-state index contributed by atoms with van der Waals surface area (Å²) < 4.78 is 5.22. The van der Waals surface area contributed by atoms with Crippen LogP contribution in [0.25, 0.3) is 0 Å². The first-order chi connectivity index (χ1) is 14.1. The Morgan fingerprint density at radius 2 is 1.47 bits per heavy atom. The van der Waals surface area contributed by atoms with Gasteiger partial charge in [-0.3, -0.25) is 4.79 Å². The number of carbonyl (C=O) groups is 1. The zero-order valence-corrected chi connectivity index (χ0v) is 15.2. The molecule has 0 aromatic heterocycles. The Balaban J connectivity index is 2.12. The lowest BCUT2D eigenvalue weighted by Gasteiger charge is -2.40. The molecule has 1 heterocycles. The maximum atomic E-state index is 12.6. The maximum Gasteiger partial charge on any atom is 0.200 e. The Morgan fingerprint density at radius 3 is 2.00 bits per heavy atom. The van der Waals surface area contributed by atoms with Crippen LogP contribution in [0.2, 0.25) is 0 Å². The van der Waals surface area contributed by atoms with Crippen molar-refractivity contribution in [3.05, 3.63) is 41.0 Å². The van der Waals surface area contributed by atoms with Crippen molar-refractivity contribution in [1.82, 2.24) is 0 Å². The zero-order chi connectivity index (χ0) is 22.3. The fourth-order valence-electron chi connectivity index (χ4n) is 3.33. The molecule has 30 heavy (non-hydrogen) atoms. The number of ether oxygens (including phenoxy) is 1. The number of aromatic hydroxyl groups is 5. The zero-order valence-electron chi connectivity index (χ0n) is 15.2. The van der Waals surface area contributed by atoms with Crippen molar-refractivity contribution < 1.29 is 55.5 Å². The van der Waals surface area contributed by atoms with Crippen LogP contribution in [0.15, 0.2) is 24.3 Å². The molecule has 0 spiro atoms. The lowest BCUT2D eigenvalue weighted by atomic mass is 9.88. The molecule has 2 aromatic rings. The quantitative estimate of drug-likeness (QED) is 0.164. The minimum Gasteiger partial charge on any atom is -0.508 e. The van der Waals surface area contributed by atoms with Gasteiger partial charge in [-0.15, -0.1) is 0 Å². The number of aliphatic hydroxyl groups is 4. The van der Waals surface area contributed by atoms with Crippen LogP contribution < -0.4 is 0 Å². The van der Waals surface area contributed by atoms with Crippen molar-refractivity contribution in [2.45, 2.75) is 30.5 Å². The van der Waals surface area contributed by atoms with E-state index in [0.717, 1.165) is 6.07 Å². The fraction of sp³-hybridized carbons (Fsp3) is 0.316. The van der Waals surface area contributed by atoms with Gasteiger partial charge in [0.15, 0.2) is 23.0 Å². The molecule has 0 amide bonds. The summed E-state index contributed by atoms with van der Waals surface area (Å²) in [5.41, 5.74) is -1.83. The monoisotopic (exact) mass is 424 g/mol. The molecule has 11 heteroatoms. The number of phenols is 5. The van der Waals surface area contributed by atoms with Crippen molar-refractivity contribution in [3.63, 3.8) is 0 Å². The van der Waals surface area contributed by atoms with E-state index in [1.54, 1.807) is 0 Å². The van der Waals surface area contributed by atoms with Crippen LogP contribution >= 0.6 is 0 Å². The summed E-state index contributed by atoms with van der Waals surface area (Å²) in [6.07, 6.45) is -8.71. The highest BCUT2D eigenvalue weighted by Gasteiger charge is 2.47. The van der Waals surface area contributed by atoms with E-state index in [1.807, 2.05) is 0 Å². The molecular formula is C19H20O11. The van der Waals surface area contributed by atoms with E-state index >= 15 is 0 Å². The second-order valence-electron chi connectivity index (χ2n) is 6.81. The summed E-state index contributed by atoms with van der Waals surface area (Å²) in [4.78, 5) is 12.6. The highest BCUT2D eigenvalue weighted by Crippen LogP contribution is 2.52. The average molecular weight is 424 g/mol. The van der Waals surface area contributed by atoms with Crippen molar-refractivity contribution in [1.29, 1.82) is 0 Å². The van der Waals surface area contributed by atoms with Gasteiger partial charge in [-0.1, -0.05) is 12.1 Å². The number of hydrogen-bond donors (Lipinski definition) is 9. The summed E-state index contributed by atoms with van der Waals surface area (Å²) in [6.45, 7) is -0.797. The second kappa shape index (κ2) is 7.97. The van der Waals surface area contributed by atoms with Crippen LogP contribution in [-0.4, -0.2) is 82.8 Å². The van der Waals surface area contributed by atoms with Gasteiger partial charge in [0.25, 0.3) is 0 Å². The van der Waals surface area contributed by atoms with Crippen molar-refractivity contribution in [2.75, 3.05) is 6.61 Å². The Hall–Kier alpha value is -3.09. The Labute approximate surface area is 168 Å². The number of aliphatic hydroxyl groups excluding tert-OH is 4. The summed E-state index contributed by atoms with van der Waals surface area (Å²) in [5.74, 6) is -5.94. The summed E-state index contributed by atoms with van der Waals surface area (Å²) in [6, 6.07) is 4.87. The average Bonchev–Trinajstić information content (AvgIpc) is 2.72. The molecule has 1 aliphatic heterocycles. The molecular weight excluding hydrogens is 404 g/mol. The van der Waals surface area contributed by atoms with Crippen LogP contribution in [0.4, 0.5) is 0 Å². The Bertz CT molecular complexity index is 942. The number of benzene rings is 2. The van der Waals surface area contributed by atoms with E-state index in [-0.39, 0.29) is 11.3 Å². The summed E-state index contributed by atoms with van der Waals surface area (Å²) in [7, 11) is 0. The Morgan fingerprint density at radius 1 is 0.867 bits per heavy atom. The molecule has 1 aliphatic rings. The van der Waals surface area contributed by atoms with Gasteiger partial charge >= 0.3 is 0 Å². The molecule has 0 radical (unpaired) electrons. The molecule has 1 saturated heterocycles. The highest BCUT2D eigenvalue weighted by molar-refractivity contribution is 6.13. The summed E-state index contributed by atoms with van der Waals surface area (Å²) in [5, 5.41) is 90.2. The van der Waals surface area contributed by atoms with E-state index < -0.39 is 77.0 Å². The number of carbonyl (C=O) groups excluding carboxylic acids is 1. The van der Waals surface area contributed by atoms with Crippen LogP contribution in [0.1, 0.15) is 27.6 Å². The minimum absolute atomic E-state index is 0.181. The molecule has 9 N–H and O–H groups in total. The molecule has 0 unspecified atom stereocenters. The molecule has 0 bridgehead atoms. The number of ketones is 1. The molecule has 11 nitrogen and oxygen atoms in total. The lowest BCUT2D eigenvalue weighted by Crippen LogP contribution is -2.55. The smallest absolute Gasteiger partial charge is 0.200 e. The van der Waals surface area contributed by atoms with E-state index in [1.165, 1.54) is 18.2 Å². The second-order valence-corrected chi connectivity index (χ2v) is 6.81. The third kappa shape index (κ3) is 3.38. The fourth-order valence-corrected chi connectivity index (χ4v) is 3.33. The Kier molecular flexibility index (Phi) is 5.74. The number of rotatable bonds is 4. The first-order valence-electron chi connectivity index (χ1n) is 8.74. The van der Waals surface area contributed by atoms with Crippen LogP contribution in [0, 0.1) is 0 Å². The van der Waals surface area contributed by atoms with Gasteiger partial charge in [0.2, 0.25) is 5.78 Å². The molecule has 2 aromatic carbocycles. The SMILES string of the molecule is O=C(c1cccc(O)c1)c1c(O)c(O)c([C@@H]2O[C@H](CO)[C@@H](O)[C@H](O)[C@H]2O)c(O)c1O. The van der Waals surface area contributed by atoms with Gasteiger partial charge in [-0.25, -0.2) is 0 Å². The van der Waals surface area contributed by atoms with Crippen molar-refractivity contribution >= 4 is 5.78 Å². The third-order valence-corrected chi connectivity index (χ3v) is 4.94. The molecule has 0 aliphatic carbocycles. The predicted molar refractivity (Wildman–Crippen MR) is 97.4 cm³/mol. The van der Waals surface area contributed by atoms with Gasteiger partial charge in [0.1, 0.15) is 41.8 Å². The first-order valence-corrected chi connectivity index (χ1v) is 8.74. The standard InChI is InChI=1S/C19H20O11/c20-5-8-12(23)17(28)18(29)19(30-8)10-15(26)13(24)9(14(25)16(10)27)11(22)6-2-1-3-7(21)4-6/h1-4,8,12,17-21,23-29H,5H2/t8-,12-,17+,18-,19+/m1/s1. The topological polar surface area (TPSA) is 208 Å². The minimum atomic E-state index is -1.94. The number of phenolic OH excluding ortho intramolecular Hbond substituents is 5. The van der Waals surface area contributed by atoms with Gasteiger partial charge in [-0.2, -0.15) is 0 Å². The lowest BCUT2D eigenvalue weighted by molar-refractivity contribution is -0.232. The van der Waals surface area contributed by atoms with Crippen LogP contribution in [0.3, 0.4) is 0 Å². The van der Waals surface area contributed by atoms with Gasteiger partial charge < -0.3 is 50.7 Å². The van der Waals surface area contributed by atoms with Gasteiger partial charge in [-0.05, 0) is 12.1 Å². The first kappa shape index (κ1) is 21.6. The van der Waals surface area contributed by atoms with E-state index in [4.69, 9.17) is 4.74 Å². The summed E-state index contributed by atoms with van der Waals surface area (Å²) >= 11 is 0. The third-order valence-electron chi connectivity index (χ3n) is 4.94. The molecule has 162 valence electrons. The molecule has 3 rings (SSSR count). The van der Waals surface area contributed by atoms with Gasteiger partial charge in [0, 0.05) is 5.56 Å². The molecule has 1 fully saturated rings. The van der Waals surface area contributed by atoms with E-state index in [2.05, 4.69) is 0 Å². The van der Waals surface area contributed by atoms with Crippen LogP contribution in [-0.2, 0) is 4.74 Å². The predicted octanol–water partition coefficient (Wildman–Crippen LogP) is -1.04. The van der Waals surface area contributed by atoms with Crippen molar-refractivity contribution in [3.8, 4) is 28.7 Å². The van der Waals surface area contributed by atoms with E-state index in [9.17, 15) is 50.8 Å². The normalized spacial score (nSPS) is 26.5. The number of hydrogen-bond acceptors (Lipinski definition) is 11. The van der Waals surface area contributed by atoms with E-state index in [0.29, 0.717) is 0 Å².